The predicted octanol–water partition coefficient (Wildman–Crippen LogP) is 3.01. The number of tetrazole rings is 1. The largest absolute Gasteiger partial charge is 0.478 e. The highest BCUT2D eigenvalue weighted by Gasteiger charge is 2.20. The van der Waals surface area contributed by atoms with Crippen LogP contribution in [0.1, 0.15) is 35.2 Å². The van der Waals surface area contributed by atoms with Gasteiger partial charge in [-0.1, -0.05) is 11.6 Å². The van der Waals surface area contributed by atoms with Gasteiger partial charge in [0.15, 0.2) is 0 Å². The molecule has 3 aromatic rings. The fourth-order valence-electron chi connectivity index (χ4n) is 4.24. The highest BCUT2D eigenvalue weighted by atomic mass is 35.5. The van der Waals surface area contributed by atoms with Gasteiger partial charge >= 0.3 is 5.97 Å². The van der Waals surface area contributed by atoms with Crippen molar-refractivity contribution in [3.05, 3.63) is 71.0 Å². The number of hydrogen-bond donors (Lipinski definition) is 4. The van der Waals surface area contributed by atoms with Gasteiger partial charge in [0.2, 0.25) is 5.91 Å². The third-order valence-corrected chi connectivity index (χ3v) is 6.34. The van der Waals surface area contributed by atoms with Gasteiger partial charge in [-0.2, -0.15) is 4.68 Å². The molecule has 0 radical (unpaired) electrons. The summed E-state index contributed by atoms with van der Waals surface area (Å²) in [6, 6.07) is 11.7. The number of nitrogens with one attached hydrogen (secondary N) is 3. The van der Waals surface area contributed by atoms with Crippen LogP contribution in [-0.4, -0.2) is 62.9 Å². The van der Waals surface area contributed by atoms with Crippen LogP contribution in [0.15, 0.2) is 54.9 Å². The maximum atomic E-state index is 12.9. The van der Waals surface area contributed by atoms with E-state index in [9.17, 15) is 9.59 Å². The third kappa shape index (κ3) is 7.12. The number of carboxylic acids is 1. The van der Waals surface area contributed by atoms with Crippen LogP contribution in [0.4, 0.5) is 5.69 Å². The quantitative estimate of drug-likeness (QED) is 0.306. The van der Waals surface area contributed by atoms with Gasteiger partial charge in [0.1, 0.15) is 6.33 Å². The zero-order valence-electron chi connectivity index (χ0n) is 19.6. The molecule has 1 saturated heterocycles. The second-order valence-electron chi connectivity index (χ2n) is 8.69. The summed E-state index contributed by atoms with van der Waals surface area (Å²) in [5, 5.41) is 30.7. The summed E-state index contributed by atoms with van der Waals surface area (Å²) in [5.41, 5.74) is 2.43. The van der Waals surface area contributed by atoms with Crippen LogP contribution in [0.25, 0.3) is 11.8 Å². The second kappa shape index (κ2) is 12.3. The maximum Gasteiger partial charge on any atom is 0.335 e. The number of piperidine rings is 1. The molecule has 0 aliphatic carbocycles. The van der Waals surface area contributed by atoms with Crippen LogP contribution in [0, 0.1) is 5.92 Å². The van der Waals surface area contributed by atoms with Gasteiger partial charge in [-0.15, -0.1) is 5.10 Å². The maximum absolute atomic E-state index is 12.9. The Hall–Kier alpha value is -3.76. The first-order valence-electron chi connectivity index (χ1n) is 11.8. The average molecular weight is 510 g/mol. The molecular formula is C25H28ClN7O3. The number of halogens is 1. The molecule has 1 aromatic heterocycles. The number of nitrogens with zero attached hydrogens (tertiary/aromatic N) is 4. The van der Waals surface area contributed by atoms with E-state index in [0.29, 0.717) is 28.7 Å². The number of anilines is 1. The van der Waals surface area contributed by atoms with Crippen LogP contribution in [-0.2, 0) is 4.79 Å². The van der Waals surface area contributed by atoms with E-state index in [1.807, 2.05) is 0 Å². The van der Waals surface area contributed by atoms with Crippen LogP contribution in [0.5, 0.6) is 0 Å². The summed E-state index contributed by atoms with van der Waals surface area (Å²) in [7, 11) is 0. The fourth-order valence-corrected chi connectivity index (χ4v) is 4.42. The van der Waals surface area contributed by atoms with Crippen molar-refractivity contribution < 1.29 is 14.7 Å². The molecule has 1 aliphatic heterocycles. The minimum Gasteiger partial charge on any atom is -0.478 e. The van der Waals surface area contributed by atoms with Crippen molar-refractivity contribution in [2.24, 2.45) is 5.92 Å². The molecule has 188 valence electrons. The molecule has 0 bridgehead atoms. The number of hydrogen-bond acceptors (Lipinski definition) is 7. The molecule has 2 aromatic carbocycles. The summed E-state index contributed by atoms with van der Waals surface area (Å²) in [6.07, 6.45) is 7.62. The molecule has 0 spiro atoms. The SMILES string of the molecule is O=C(/C=C/c1cc(Cl)ccc1-n1cnnn1)NC(CNc1ccc(C(=O)O)cc1)CC1CCNCC1. The van der Waals surface area contributed by atoms with Crippen LogP contribution in [0.3, 0.4) is 0 Å². The Morgan fingerprint density at radius 1 is 1.19 bits per heavy atom. The van der Waals surface area contributed by atoms with E-state index in [2.05, 4.69) is 31.5 Å². The van der Waals surface area contributed by atoms with Gasteiger partial charge in [-0.3, -0.25) is 4.79 Å². The van der Waals surface area contributed by atoms with Crippen molar-refractivity contribution in [2.75, 3.05) is 25.0 Å². The molecule has 1 fully saturated rings. The number of rotatable bonds is 10. The predicted molar refractivity (Wildman–Crippen MR) is 137 cm³/mol. The Morgan fingerprint density at radius 2 is 1.97 bits per heavy atom. The Morgan fingerprint density at radius 3 is 2.67 bits per heavy atom. The number of benzene rings is 2. The van der Waals surface area contributed by atoms with E-state index in [4.69, 9.17) is 16.7 Å². The summed E-state index contributed by atoms with van der Waals surface area (Å²) in [6.45, 7) is 2.47. The number of amides is 1. The highest BCUT2D eigenvalue weighted by molar-refractivity contribution is 6.30. The van der Waals surface area contributed by atoms with Crippen molar-refractivity contribution in [1.29, 1.82) is 0 Å². The van der Waals surface area contributed by atoms with Crippen molar-refractivity contribution in [2.45, 2.75) is 25.3 Å². The van der Waals surface area contributed by atoms with Gasteiger partial charge in [0.05, 0.1) is 11.3 Å². The monoisotopic (exact) mass is 509 g/mol. The molecule has 4 N–H and O–H groups in total. The summed E-state index contributed by atoms with van der Waals surface area (Å²) in [5.74, 6) is -0.678. The minimum absolute atomic E-state index is 0.109. The molecule has 1 atom stereocenters. The smallest absolute Gasteiger partial charge is 0.335 e. The summed E-state index contributed by atoms with van der Waals surface area (Å²) >= 11 is 6.17. The molecule has 1 amide bonds. The van der Waals surface area contributed by atoms with E-state index >= 15 is 0 Å². The lowest BCUT2D eigenvalue weighted by Gasteiger charge is -2.28. The Bertz CT molecular complexity index is 1190. The molecule has 11 heteroatoms. The number of aromatic carboxylic acids is 1. The average Bonchev–Trinajstić information content (AvgIpc) is 3.42. The lowest BCUT2D eigenvalue weighted by atomic mass is 9.91. The van der Waals surface area contributed by atoms with Gasteiger partial charge in [0.25, 0.3) is 0 Å². The van der Waals surface area contributed by atoms with Crippen molar-refractivity contribution >= 4 is 35.2 Å². The Kier molecular flexibility index (Phi) is 8.64. The third-order valence-electron chi connectivity index (χ3n) is 6.11. The lowest BCUT2D eigenvalue weighted by molar-refractivity contribution is -0.117. The van der Waals surface area contributed by atoms with E-state index in [1.165, 1.54) is 17.1 Å². The van der Waals surface area contributed by atoms with Crippen molar-refractivity contribution in [1.82, 2.24) is 30.8 Å². The summed E-state index contributed by atoms with van der Waals surface area (Å²) < 4.78 is 1.51. The number of carboxylic acid groups (broad SMARTS) is 1. The Balaban J connectivity index is 1.43. The molecule has 10 nitrogen and oxygen atoms in total. The standard InChI is InChI=1S/C25H28ClN7O3/c26-20-4-7-23(33-16-29-31-32-33)19(14-20)3-8-24(34)30-22(13-17-9-11-27-12-10-17)15-28-21-5-1-18(2-6-21)25(35)36/h1-8,14,16-17,22,27-28H,9-13,15H2,(H,30,34)(H,35,36)/b8-3+. The molecule has 2 heterocycles. The van der Waals surface area contributed by atoms with Crippen molar-refractivity contribution in [3.8, 4) is 5.69 Å². The highest BCUT2D eigenvalue weighted by Crippen LogP contribution is 2.21. The minimum atomic E-state index is -0.965. The Labute approximate surface area is 213 Å². The first kappa shape index (κ1) is 25.3. The molecule has 4 rings (SSSR count). The van der Waals surface area contributed by atoms with Gasteiger partial charge in [0, 0.05) is 34.9 Å². The normalized spacial score (nSPS) is 15.0. The van der Waals surface area contributed by atoms with Gasteiger partial charge in [-0.05, 0) is 97.2 Å². The van der Waals surface area contributed by atoms with E-state index in [1.54, 1.807) is 48.5 Å². The number of carbonyl (C=O) groups excluding carboxylic acids is 1. The van der Waals surface area contributed by atoms with E-state index in [-0.39, 0.29) is 17.5 Å². The molecule has 0 saturated carbocycles. The molecule has 36 heavy (non-hydrogen) atoms. The van der Waals surface area contributed by atoms with Crippen LogP contribution >= 0.6 is 11.6 Å². The second-order valence-corrected chi connectivity index (χ2v) is 9.13. The number of carbonyl (C=O) groups is 2. The molecule has 1 unspecified atom stereocenters. The topological polar surface area (TPSA) is 134 Å². The van der Waals surface area contributed by atoms with Gasteiger partial charge < -0.3 is 21.1 Å². The zero-order valence-corrected chi connectivity index (χ0v) is 20.4. The van der Waals surface area contributed by atoms with E-state index < -0.39 is 5.97 Å². The van der Waals surface area contributed by atoms with Crippen molar-refractivity contribution in [3.63, 3.8) is 0 Å². The lowest BCUT2D eigenvalue weighted by Crippen LogP contribution is -2.41. The van der Waals surface area contributed by atoms with Crippen LogP contribution in [0.2, 0.25) is 5.02 Å². The first-order chi connectivity index (χ1) is 17.5. The summed E-state index contributed by atoms with van der Waals surface area (Å²) in [4.78, 5) is 24.0. The first-order valence-corrected chi connectivity index (χ1v) is 12.1. The van der Waals surface area contributed by atoms with Crippen LogP contribution < -0.4 is 16.0 Å². The zero-order chi connectivity index (χ0) is 25.3. The van der Waals surface area contributed by atoms with E-state index in [0.717, 1.165) is 38.0 Å². The number of aromatic nitrogens is 4. The molecule has 1 aliphatic rings. The molecular weight excluding hydrogens is 482 g/mol. The fraction of sp³-hybridized carbons (Fsp3) is 0.320. The van der Waals surface area contributed by atoms with Gasteiger partial charge in [-0.25, -0.2) is 4.79 Å².